The summed E-state index contributed by atoms with van der Waals surface area (Å²) in [6, 6.07) is -0.156. The molecular weight excluding hydrogens is 305 g/mol. The Kier molecular flexibility index (Phi) is 5.53. The number of halogens is 4. The molecule has 1 aromatic heterocycles. The van der Waals surface area contributed by atoms with E-state index in [2.05, 4.69) is 15.0 Å². The molecule has 7 nitrogen and oxygen atoms in total. The van der Waals surface area contributed by atoms with Gasteiger partial charge in [-0.1, -0.05) is 16.8 Å². The van der Waals surface area contributed by atoms with Crippen LogP contribution in [-0.2, 0) is 17.6 Å². The second kappa shape index (κ2) is 6.91. The van der Waals surface area contributed by atoms with Gasteiger partial charge >= 0.3 is 12.2 Å². The van der Waals surface area contributed by atoms with Gasteiger partial charge < -0.3 is 5.21 Å². The van der Waals surface area contributed by atoms with Crippen LogP contribution in [0.25, 0.3) is 0 Å². The van der Waals surface area contributed by atoms with Gasteiger partial charge in [0.15, 0.2) is 0 Å². The van der Waals surface area contributed by atoms with Gasteiger partial charge in [-0.15, -0.1) is 0 Å². The summed E-state index contributed by atoms with van der Waals surface area (Å²) < 4.78 is 37.0. The van der Waals surface area contributed by atoms with Crippen LogP contribution in [0.5, 0.6) is 0 Å². The highest BCUT2D eigenvalue weighted by molar-refractivity contribution is 6.31. The van der Waals surface area contributed by atoms with Gasteiger partial charge in [-0.2, -0.15) is 13.2 Å². The molecular formula is C9H8ClF3N4O3. The molecule has 11 heteroatoms. The molecule has 0 aromatic carbocycles. The molecule has 0 aliphatic carbocycles. The number of carbonyl (C=O) groups is 1. The van der Waals surface area contributed by atoms with Crippen molar-refractivity contribution in [3.8, 4) is 0 Å². The SMILES string of the molecule is O=C(N/C=N/O)NOCc1ncc(C(F)(F)F)cc1Cl. The molecule has 1 rings (SSSR count). The van der Waals surface area contributed by atoms with E-state index in [1.165, 1.54) is 0 Å². The highest BCUT2D eigenvalue weighted by Gasteiger charge is 2.31. The fourth-order valence-corrected chi connectivity index (χ4v) is 1.24. The Morgan fingerprint density at radius 2 is 2.30 bits per heavy atom. The summed E-state index contributed by atoms with van der Waals surface area (Å²) in [5.41, 5.74) is 0.885. The fraction of sp³-hybridized carbons (Fsp3) is 0.222. The van der Waals surface area contributed by atoms with Crippen LogP contribution in [0.15, 0.2) is 17.4 Å². The average molecular weight is 313 g/mol. The zero-order chi connectivity index (χ0) is 15.2. The molecule has 20 heavy (non-hydrogen) atoms. The van der Waals surface area contributed by atoms with Crippen molar-refractivity contribution in [3.05, 3.63) is 28.5 Å². The van der Waals surface area contributed by atoms with Gasteiger partial charge in [0.2, 0.25) is 0 Å². The van der Waals surface area contributed by atoms with Crippen molar-refractivity contribution in [1.82, 2.24) is 15.8 Å². The van der Waals surface area contributed by atoms with Crippen LogP contribution in [0.3, 0.4) is 0 Å². The third kappa shape index (κ3) is 4.90. The predicted molar refractivity (Wildman–Crippen MR) is 61.0 cm³/mol. The number of carbonyl (C=O) groups excluding carboxylic acids is 1. The zero-order valence-electron chi connectivity index (χ0n) is 9.61. The highest BCUT2D eigenvalue weighted by Crippen LogP contribution is 2.31. The third-order valence-electron chi connectivity index (χ3n) is 1.87. The quantitative estimate of drug-likeness (QED) is 0.342. The molecule has 3 N–H and O–H groups in total. The van der Waals surface area contributed by atoms with E-state index in [1.54, 1.807) is 0 Å². The second-order valence-corrected chi connectivity index (χ2v) is 3.67. The maximum Gasteiger partial charge on any atom is 0.417 e. The lowest BCUT2D eigenvalue weighted by atomic mass is 10.2. The number of hydrogen-bond acceptors (Lipinski definition) is 5. The lowest BCUT2D eigenvalue weighted by Crippen LogP contribution is -2.34. The number of rotatable bonds is 4. The topological polar surface area (TPSA) is 95.8 Å². The van der Waals surface area contributed by atoms with Crippen LogP contribution in [0.4, 0.5) is 18.0 Å². The summed E-state index contributed by atoms with van der Waals surface area (Å²) in [7, 11) is 0. The summed E-state index contributed by atoms with van der Waals surface area (Å²) in [5.74, 6) is 0. The molecule has 0 fully saturated rings. The van der Waals surface area contributed by atoms with E-state index in [-0.39, 0.29) is 17.3 Å². The van der Waals surface area contributed by atoms with Gasteiger partial charge in [-0.3, -0.25) is 15.1 Å². The molecule has 0 aliphatic rings. The fourth-order valence-electron chi connectivity index (χ4n) is 1.01. The number of hydroxylamine groups is 1. The van der Waals surface area contributed by atoms with Gasteiger partial charge in [-0.05, 0) is 6.07 Å². The summed E-state index contributed by atoms with van der Waals surface area (Å²) in [6.45, 7) is -0.347. The molecule has 0 saturated carbocycles. The Hall–Kier alpha value is -2.07. The summed E-state index contributed by atoms with van der Waals surface area (Å²) >= 11 is 5.61. The first-order valence-corrected chi connectivity index (χ1v) is 5.28. The molecule has 0 atom stereocenters. The Morgan fingerprint density at radius 1 is 1.60 bits per heavy atom. The van der Waals surface area contributed by atoms with E-state index in [1.807, 2.05) is 10.8 Å². The Morgan fingerprint density at radius 3 is 2.85 bits per heavy atom. The van der Waals surface area contributed by atoms with E-state index in [4.69, 9.17) is 16.8 Å². The summed E-state index contributed by atoms with van der Waals surface area (Å²) in [5, 5.41) is 12.2. The Balaban J connectivity index is 2.55. The van der Waals surface area contributed by atoms with Crippen LogP contribution < -0.4 is 10.8 Å². The zero-order valence-corrected chi connectivity index (χ0v) is 10.4. The van der Waals surface area contributed by atoms with Crippen molar-refractivity contribution in [2.24, 2.45) is 5.16 Å². The maximum absolute atomic E-state index is 12.3. The lowest BCUT2D eigenvalue weighted by molar-refractivity contribution is -0.137. The molecule has 0 unspecified atom stereocenters. The van der Waals surface area contributed by atoms with Gasteiger partial charge in [0.25, 0.3) is 0 Å². The van der Waals surface area contributed by atoms with Crippen molar-refractivity contribution >= 4 is 24.0 Å². The largest absolute Gasteiger partial charge is 0.417 e. The second-order valence-electron chi connectivity index (χ2n) is 3.26. The van der Waals surface area contributed by atoms with Crippen molar-refractivity contribution in [2.75, 3.05) is 0 Å². The molecule has 0 spiro atoms. The van der Waals surface area contributed by atoms with E-state index < -0.39 is 17.8 Å². The van der Waals surface area contributed by atoms with E-state index in [9.17, 15) is 18.0 Å². The molecule has 110 valence electrons. The van der Waals surface area contributed by atoms with Crippen molar-refractivity contribution in [1.29, 1.82) is 0 Å². The summed E-state index contributed by atoms with van der Waals surface area (Å²) in [4.78, 5) is 19.1. The number of urea groups is 1. The van der Waals surface area contributed by atoms with Crippen molar-refractivity contribution in [3.63, 3.8) is 0 Å². The Bertz CT molecular complexity index is 510. The van der Waals surface area contributed by atoms with E-state index in [0.29, 0.717) is 18.6 Å². The molecule has 0 saturated heterocycles. The number of nitrogens with zero attached hydrogens (tertiary/aromatic N) is 2. The number of nitrogens with one attached hydrogen (secondary N) is 2. The first-order valence-electron chi connectivity index (χ1n) is 4.90. The molecule has 1 heterocycles. The average Bonchev–Trinajstić information content (AvgIpc) is 2.37. The molecule has 0 bridgehead atoms. The number of amides is 2. The lowest BCUT2D eigenvalue weighted by Gasteiger charge is -2.09. The number of pyridine rings is 1. The van der Waals surface area contributed by atoms with Crippen LogP contribution in [0, 0.1) is 0 Å². The smallest absolute Gasteiger partial charge is 0.410 e. The number of aromatic nitrogens is 1. The minimum absolute atomic E-state index is 0.00999. The molecule has 0 radical (unpaired) electrons. The number of oxime groups is 1. The van der Waals surface area contributed by atoms with Gasteiger partial charge in [0, 0.05) is 6.20 Å². The van der Waals surface area contributed by atoms with Crippen LogP contribution in [-0.4, -0.2) is 22.6 Å². The first-order chi connectivity index (χ1) is 9.34. The predicted octanol–water partition coefficient (Wildman–Crippen LogP) is 1.90. The monoisotopic (exact) mass is 312 g/mol. The molecule has 2 amide bonds. The van der Waals surface area contributed by atoms with Crippen LogP contribution in [0.1, 0.15) is 11.3 Å². The maximum atomic E-state index is 12.3. The minimum atomic E-state index is -4.54. The highest BCUT2D eigenvalue weighted by atomic mass is 35.5. The molecule has 0 aliphatic heterocycles. The molecule has 1 aromatic rings. The van der Waals surface area contributed by atoms with Gasteiger partial charge in [-0.25, -0.2) is 10.3 Å². The van der Waals surface area contributed by atoms with Crippen LogP contribution >= 0.6 is 11.6 Å². The Labute approximate surface area is 115 Å². The van der Waals surface area contributed by atoms with Crippen molar-refractivity contribution in [2.45, 2.75) is 12.8 Å². The van der Waals surface area contributed by atoms with Gasteiger partial charge in [0.1, 0.15) is 12.9 Å². The summed E-state index contributed by atoms with van der Waals surface area (Å²) in [6.07, 6.45) is -3.26. The number of alkyl halides is 3. The first kappa shape index (κ1) is 16.0. The third-order valence-corrected chi connectivity index (χ3v) is 2.20. The normalized spacial score (nSPS) is 11.6. The number of hydrogen-bond donors (Lipinski definition) is 3. The standard InChI is InChI=1S/C9H8ClF3N4O3/c10-6-1-5(9(11,12)13)2-14-7(6)3-20-17-8(18)15-4-16-19/h1-2,4,19H,3H2,(H2,15,16,17,18). The van der Waals surface area contributed by atoms with Crippen LogP contribution in [0.2, 0.25) is 5.02 Å². The minimum Gasteiger partial charge on any atom is -0.410 e. The van der Waals surface area contributed by atoms with Crippen molar-refractivity contribution < 1.29 is 28.0 Å². The van der Waals surface area contributed by atoms with E-state index >= 15 is 0 Å². The van der Waals surface area contributed by atoms with E-state index in [0.717, 1.165) is 0 Å². The van der Waals surface area contributed by atoms with Gasteiger partial charge in [0.05, 0.1) is 16.3 Å².